The molecule has 3 unspecified atom stereocenters. The van der Waals surface area contributed by atoms with Crippen molar-refractivity contribution >= 4 is 0 Å². The predicted octanol–water partition coefficient (Wildman–Crippen LogP) is 3.67. The molecule has 3 saturated carbocycles. The van der Waals surface area contributed by atoms with E-state index >= 15 is 0 Å². The summed E-state index contributed by atoms with van der Waals surface area (Å²) in [7, 11) is 1.79. The molecule has 3 fully saturated rings. The largest absolute Gasteiger partial charge is 0.501 e. The van der Waals surface area contributed by atoms with Crippen LogP contribution in [0.5, 0.6) is 0 Å². The van der Waals surface area contributed by atoms with Crippen molar-refractivity contribution in [3.63, 3.8) is 0 Å². The Labute approximate surface area is 162 Å². The number of aliphatic hydroxyl groups excluding tert-OH is 1. The van der Waals surface area contributed by atoms with Gasteiger partial charge in [0.05, 0.1) is 12.9 Å². The fraction of sp³-hybridized carbons (Fsp3) is 0.750. The van der Waals surface area contributed by atoms with Crippen LogP contribution in [-0.2, 0) is 4.74 Å². The molecule has 146 valence electrons. The zero-order valence-corrected chi connectivity index (χ0v) is 16.6. The Kier molecular flexibility index (Phi) is 4.05. The summed E-state index contributed by atoms with van der Waals surface area (Å²) in [6.07, 6.45) is 12.6. The summed E-state index contributed by atoms with van der Waals surface area (Å²) in [6, 6.07) is 0. The lowest BCUT2D eigenvalue weighted by atomic mass is 9.48. The van der Waals surface area contributed by atoms with Gasteiger partial charge in [-0.15, -0.1) is 0 Å². The number of allylic oxidation sites excluding steroid dienone is 4. The Balaban J connectivity index is 1.51. The normalized spacial score (nSPS) is 49.3. The number of hydrogen-bond acceptors (Lipinski definition) is 3. The molecule has 0 aromatic rings. The third kappa shape index (κ3) is 2.23. The standard InChI is InChI=1S/C24H32O3/c1-3-23-11-9-18-17-8-6-16(27-2)13-15(17)5-7-19(18)22(23)20-14-21(20)24(23,26)10-4-12-25/h5,13,17-22,25-26H,3,6-9,11-12,14H2,1-2H3/t17-,18?,19?,20+,21-,22?,23-,24-/m0/s1. The van der Waals surface area contributed by atoms with Gasteiger partial charge in [-0.2, -0.15) is 0 Å². The van der Waals surface area contributed by atoms with Gasteiger partial charge in [0, 0.05) is 17.8 Å². The van der Waals surface area contributed by atoms with Gasteiger partial charge >= 0.3 is 0 Å². The van der Waals surface area contributed by atoms with E-state index in [4.69, 9.17) is 4.74 Å². The van der Waals surface area contributed by atoms with E-state index in [2.05, 4.69) is 30.9 Å². The summed E-state index contributed by atoms with van der Waals surface area (Å²) in [5.41, 5.74) is 0.547. The highest BCUT2D eigenvalue weighted by Crippen LogP contribution is 2.76. The monoisotopic (exact) mass is 368 g/mol. The molecule has 0 aromatic heterocycles. The third-order valence-corrected chi connectivity index (χ3v) is 9.02. The summed E-state index contributed by atoms with van der Waals surface area (Å²) in [5.74, 6) is 10.8. The zero-order chi connectivity index (χ0) is 18.8. The molecule has 5 aliphatic rings. The first-order valence-electron chi connectivity index (χ1n) is 10.9. The van der Waals surface area contributed by atoms with Crippen LogP contribution < -0.4 is 0 Å². The fourth-order valence-corrected chi connectivity index (χ4v) is 7.94. The Morgan fingerprint density at radius 3 is 2.85 bits per heavy atom. The molecule has 0 aliphatic heterocycles. The van der Waals surface area contributed by atoms with Crippen LogP contribution in [0.1, 0.15) is 51.9 Å². The maximum absolute atomic E-state index is 11.7. The zero-order valence-electron chi connectivity index (χ0n) is 16.6. The van der Waals surface area contributed by atoms with Crippen LogP contribution in [0.4, 0.5) is 0 Å². The van der Waals surface area contributed by atoms with Crippen molar-refractivity contribution in [2.75, 3.05) is 13.7 Å². The van der Waals surface area contributed by atoms with E-state index < -0.39 is 5.60 Å². The molecule has 0 heterocycles. The van der Waals surface area contributed by atoms with Gasteiger partial charge in [0.2, 0.25) is 0 Å². The summed E-state index contributed by atoms with van der Waals surface area (Å²) in [5, 5.41) is 21.0. The second-order valence-corrected chi connectivity index (χ2v) is 9.53. The molecular weight excluding hydrogens is 336 g/mol. The van der Waals surface area contributed by atoms with Crippen LogP contribution in [0.15, 0.2) is 23.5 Å². The topological polar surface area (TPSA) is 49.7 Å². The van der Waals surface area contributed by atoms with Crippen LogP contribution >= 0.6 is 0 Å². The highest BCUT2D eigenvalue weighted by atomic mass is 16.5. The van der Waals surface area contributed by atoms with Gasteiger partial charge in [0.15, 0.2) is 0 Å². The first kappa shape index (κ1) is 17.8. The summed E-state index contributed by atoms with van der Waals surface area (Å²) >= 11 is 0. The molecule has 3 heteroatoms. The van der Waals surface area contributed by atoms with Gasteiger partial charge in [0.25, 0.3) is 0 Å². The van der Waals surface area contributed by atoms with Crippen molar-refractivity contribution in [1.29, 1.82) is 0 Å². The lowest BCUT2D eigenvalue weighted by Gasteiger charge is -2.56. The van der Waals surface area contributed by atoms with Crippen molar-refractivity contribution in [3.8, 4) is 11.8 Å². The van der Waals surface area contributed by atoms with Crippen molar-refractivity contribution in [2.24, 2.45) is 40.9 Å². The van der Waals surface area contributed by atoms with Gasteiger partial charge in [-0.05, 0) is 79.8 Å². The number of hydrogen-bond donors (Lipinski definition) is 2. The van der Waals surface area contributed by atoms with E-state index in [9.17, 15) is 10.2 Å². The van der Waals surface area contributed by atoms with Crippen LogP contribution in [0.25, 0.3) is 0 Å². The van der Waals surface area contributed by atoms with Crippen LogP contribution in [0.2, 0.25) is 0 Å². The van der Waals surface area contributed by atoms with Gasteiger partial charge in [0.1, 0.15) is 12.2 Å². The van der Waals surface area contributed by atoms with E-state index in [0.717, 1.165) is 43.8 Å². The first-order chi connectivity index (χ1) is 13.1. The number of aliphatic hydroxyl groups is 2. The van der Waals surface area contributed by atoms with Crippen LogP contribution in [0, 0.1) is 52.8 Å². The second-order valence-electron chi connectivity index (χ2n) is 9.53. The average Bonchev–Trinajstić information content (AvgIpc) is 3.47. The van der Waals surface area contributed by atoms with Crippen molar-refractivity contribution in [1.82, 2.24) is 0 Å². The van der Waals surface area contributed by atoms with E-state index in [0.29, 0.717) is 29.6 Å². The Hall–Kier alpha value is -1.24. The smallest absolute Gasteiger partial charge is 0.134 e. The van der Waals surface area contributed by atoms with Crippen LogP contribution in [-0.4, -0.2) is 29.5 Å². The lowest BCUT2D eigenvalue weighted by molar-refractivity contribution is -0.116. The minimum Gasteiger partial charge on any atom is -0.501 e. The molecule has 3 nitrogen and oxygen atoms in total. The van der Waals surface area contributed by atoms with Gasteiger partial charge in [-0.3, -0.25) is 0 Å². The number of ether oxygens (including phenoxy) is 1. The molecule has 8 atom stereocenters. The van der Waals surface area contributed by atoms with Gasteiger partial charge < -0.3 is 14.9 Å². The molecule has 0 spiro atoms. The first-order valence-corrected chi connectivity index (χ1v) is 10.9. The van der Waals surface area contributed by atoms with Gasteiger partial charge in [-0.1, -0.05) is 24.8 Å². The Bertz CT molecular complexity index is 755. The number of fused-ring (bicyclic) bond motifs is 7. The summed E-state index contributed by atoms with van der Waals surface area (Å²) < 4.78 is 5.52. The Morgan fingerprint density at radius 1 is 1.26 bits per heavy atom. The SMILES string of the molecule is CC[C@]12CCC3C(CC=C4C=C(OC)CC[C@@H]43)C1[C@@H]1C[C@@H]1[C@@]2(O)C#CCO. The van der Waals surface area contributed by atoms with E-state index in [1.54, 1.807) is 7.11 Å². The van der Waals surface area contributed by atoms with E-state index in [1.165, 1.54) is 18.4 Å². The minimum atomic E-state index is -0.884. The average molecular weight is 369 g/mol. The number of rotatable bonds is 2. The molecule has 0 radical (unpaired) electrons. The highest BCUT2D eigenvalue weighted by Gasteiger charge is 2.76. The molecule has 2 N–H and O–H groups in total. The van der Waals surface area contributed by atoms with Crippen molar-refractivity contribution < 1.29 is 14.9 Å². The number of methoxy groups -OCH3 is 1. The predicted molar refractivity (Wildman–Crippen MR) is 104 cm³/mol. The summed E-state index contributed by atoms with van der Waals surface area (Å²) in [4.78, 5) is 0. The molecule has 0 aromatic carbocycles. The molecule has 5 rings (SSSR count). The maximum Gasteiger partial charge on any atom is 0.134 e. The maximum atomic E-state index is 11.7. The van der Waals surface area contributed by atoms with Gasteiger partial charge in [-0.25, -0.2) is 0 Å². The van der Waals surface area contributed by atoms with E-state index in [-0.39, 0.29) is 12.0 Å². The summed E-state index contributed by atoms with van der Waals surface area (Å²) in [6.45, 7) is 2.10. The van der Waals surface area contributed by atoms with Crippen molar-refractivity contribution in [2.45, 2.75) is 57.5 Å². The molecule has 0 amide bonds. The second kappa shape index (κ2) is 6.13. The lowest BCUT2D eigenvalue weighted by Crippen LogP contribution is -2.55. The molecule has 5 aliphatic carbocycles. The molecule has 27 heavy (non-hydrogen) atoms. The van der Waals surface area contributed by atoms with E-state index in [1.807, 2.05) is 0 Å². The molecule has 0 saturated heterocycles. The molecular formula is C24H32O3. The third-order valence-electron chi connectivity index (χ3n) is 9.02. The Morgan fingerprint density at radius 2 is 2.11 bits per heavy atom. The van der Waals surface area contributed by atoms with Crippen molar-refractivity contribution in [3.05, 3.63) is 23.5 Å². The quantitative estimate of drug-likeness (QED) is 0.731. The van der Waals surface area contributed by atoms with Crippen LogP contribution in [0.3, 0.4) is 0 Å². The highest BCUT2D eigenvalue weighted by molar-refractivity contribution is 5.37. The fourth-order valence-electron chi connectivity index (χ4n) is 7.94. The minimum absolute atomic E-state index is 0.0720. The molecule has 0 bridgehead atoms.